The van der Waals surface area contributed by atoms with E-state index in [0.717, 1.165) is 0 Å². The number of hydrogen-bond donors (Lipinski definition) is 3. The van der Waals surface area contributed by atoms with Crippen LogP contribution < -0.4 is 21.1 Å². The van der Waals surface area contributed by atoms with Crippen molar-refractivity contribution < 1.29 is 23.1 Å². The molecule has 5 aromatic rings. The molecule has 0 bridgehead atoms. The van der Waals surface area contributed by atoms with Gasteiger partial charge in [0.2, 0.25) is 5.91 Å². The highest BCUT2D eigenvalue weighted by atomic mass is 35.5. The molecule has 5 rings (SSSR count). The van der Waals surface area contributed by atoms with Crippen molar-refractivity contribution in [2.24, 2.45) is 5.73 Å². The number of carbonyl (C=O) groups excluding carboxylic acids is 2. The third kappa shape index (κ3) is 6.98. The largest absolute Gasteiger partial charge is 0.487 e. The van der Waals surface area contributed by atoms with Crippen LogP contribution in [0.3, 0.4) is 0 Å². The van der Waals surface area contributed by atoms with E-state index >= 15 is 0 Å². The van der Waals surface area contributed by atoms with Crippen LogP contribution in [0.25, 0.3) is 10.9 Å². The Kier molecular flexibility index (Phi) is 8.40. The van der Waals surface area contributed by atoms with Gasteiger partial charge in [-0.05, 0) is 66.6 Å². The molecule has 3 aromatic carbocycles. The van der Waals surface area contributed by atoms with E-state index in [4.69, 9.17) is 26.5 Å². The molecule has 4 N–H and O–H groups in total. The summed E-state index contributed by atoms with van der Waals surface area (Å²) in [6.45, 7) is 0.173. The van der Waals surface area contributed by atoms with Gasteiger partial charge in [0, 0.05) is 29.6 Å². The predicted molar refractivity (Wildman–Crippen MR) is 154 cm³/mol. The molecular formula is C30H25ClFN5O4. The molecule has 0 unspecified atom stereocenters. The van der Waals surface area contributed by atoms with E-state index < -0.39 is 5.91 Å². The van der Waals surface area contributed by atoms with Crippen molar-refractivity contribution in [1.29, 1.82) is 0 Å². The summed E-state index contributed by atoms with van der Waals surface area (Å²) >= 11 is 6.44. The van der Waals surface area contributed by atoms with Gasteiger partial charge in [-0.15, -0.1) is 0 Å². The van der Waals surface area contributed by atoms with Gasteiger partial charge in [-0.25, -0.2) is 14.4 Å². The number of amides is 2. The molecule has 0 fully saturated rings. The zero-order chi connectivity index (χ0) is 28.8. The fraction of sp³-hybridized carbons (Fsp3) is 0.133. The molecule has 0 saturated carbocycles. The summed E-state index contributed by atoms with van der Waals surface area (Å²) in [6.07, 6.45) is 3.96. The van der Waals surface area contributed by atoms with E-state index in [-0.39, 0.29) is 24.8 Å². The lowest BCUT2D eigenvalue weighted by atomic mass is 10.1. The number of ether oxygens (including phenoxy) is 1. The SMILES string of the molecule is NC(=O)c1ccoc1CCCC(=O)Nc1ccc2ncnc(Nc3ccc(OCc4cccc(F)c4)c(Cl)c3)c2c1. The Morgan fingerprint density at radius 1 is 1.02 bits per heavy atom. The normalized spacial score (nSPS) is 10.9. The first kappa shape index (κ1) is 27.6. The lowest BCUT2D eigenvalue weighted by Crippen LogP contribution is -2.13. The molecule has 208 valence electrons. The van der Waals surface area contributed by atoms with Crippen LogP contribution in [0, 0.1) is 5.82 Å². The monoisotopic (exact) mass is 573 g/mol. The first-order valence-corrected chi connectivity index (χ1v) is 13.1. The van der Waals surface area contributed by atoms with E-state index in [2.05, 4.69) is 20.6 Å². The first-order chi connectivity index (χ1) is 19.9. The minimum atomic E-state index is -0.562. The van der Waals surface area contributed by atoms with Gasteiger partial charge < -0.3 is 25.5 Å². The number of aromatic nitrogens is 2. The zero-order valence-corrected chi connectivity index (χ0v) is 22.5. The number of halogens is 2. The Balaban J connectivity index is 1.23. The Morgan fingerprint density at radius 3 is 2.68 bits per heavy atom. The molecule has 0 aliphatic carbocycles. The third-order valence-electron chi connectivity index (χ3n) is 6.22. The van der Waals surface area contributed by atoms with Crippen molar-refractivity contribution in [3.8, 4) is 5.75 Å². The predicted octanol–water partition coefficient (Wildman–Crippen LogP) is 6.40. The maximum Gasteiger partial charge on any atom is 0.252 e. The maximum atomic E-state index is 13.4. The summed E-state index contributed by atoms with van der Waals surface area (Å²) in [5.74, 6) is 0.359. The van der Waals surface area contributed by atoms with E-state index in [1.807, 2.05) is 0 Å². The lowest BCUT2D eigenvalue weighted by Gasteiger charge is -2.13. The molecular weight excluding hydrogens is 549 g/mol. The van der Waals surface area contributed by atoms with Gasteiger partial charge in [-0.3, -0.25) is 9.59 Å². The second-order valence-corrected chi connectivity index (χ2v) is 9.57. The van der Waals surface area contributed by atoms with Crippen molar-refractivity contribution in [2.75, 3.05) is 10.6 Å². The Labute approximate surface area is 239 Å². The summed E-state index contributed by atoms with van der Waals surface area (Å²) < 4.78 is 24.5. The number of nitrogens with zero attached hydrogens (tertiary/aromatic N) is 2. The standard InChI is InChI=1S/C30H25ClFN5O4/c31-24-15-21(8-10-27(24)41-16-18-3-1-4-19(32)13-18)37-30-23-14-20(7-9-25(23)34-17-35-30)36-28(38)6-2-5-26-22(29(33)39)11-12-40-26/h1,3-4,7-15,17H,2,5-6,16H2,(H2,33,39)(H,36,38)(H,34,35,37). The van der Waals surface area contributed by atoms with Crippen LogP contribution in [-0.2, 0) is 17.8 Å². The number of rotatable bonds is 11. The summed E-state index contributed by atoms with van der Waals surface area (Å²) in [5.41, 5.74) is 8.27. The van der Waals surface area contributed by atoms with Gasteiger partial charge in [0.1, 0.15) is 36.1 Å². The highest BCUT2D eigenvalue weighted by Gasteiger charge is 2.13. The second-order valence-electron chi connectivity index (χ2n) is 9.17. The van der Waals surface area contributed by atoms with Crippen LogP contribution in [0.4, 0.5) is 21.6 Å². The van der Waals surface area contributed by atoms with Crippen molar-refractivity contribution in [1.82, 2.24) is 9.97 Å². The van der Waals surface area contributed by atoms with Crippen molar-refractivity contribution in [3.63, 3.8) is 0 Å². The number of nitrogens with one attached hydrogen (secondary N) is 2. The molecule has 0 saturated heterocycles. The minimum Gasteiger partial charge on any atom is -0.487 e. The van der Waals surface area contributed by atoms with Crippen molar-refractivity contribution in [3.05, 3.63) is 107 Å². The molecule has 2 amide bonds. The number of fused-ring (bicyclic) bond motifs is 1. The van der Waals surface area contributed by atoms with E-state index in [0.29, 0.717) is 68.6 Å². The molecule has 2 aromatic heterocycles. The van der Waals surface area contributed by atoms with Crippen LogP contribution >= 0.6 is 11.6 Å². The molecule has 0 radical (unpaired) electrons. The molecule has 9 nitrogen and oxygen atoms in total. The molecule has 0 aliphatic rings. The van der Waals surface area contributed by atoms with Gasteiger partial charge in [0.05, 0.1) is 22.4 Å². The number of benzene rings is 3. The number of carbonyl (C=O) groups is 2. The number of anilines is 3. The molecule has 0 atom stereocenters. The highest BCUT2D eigenvalue weighted by Crippen LogP contribution is 2.31. The Morgan fingerprint density at radius 2 is 1.88 bits per heavy atom. The summed E-state index contributed by atoms with van der Waals surface area (Å²) in [5, 5.41) is 7.18. The van der Waals surface area contributed by atoms with E-state index in [1.165, 1.54) is 30.8 Å². The van der Waals surface area contributed by atoms with Gasteiger partial charge in [0.15, 0.2) is 0 Å². The van der Waals surface area contributed by atoms with E-state index in [1.54, 1.807) is 48.5 Å². The zero-order valence-electron chi connectivity index (χ0n) is 21.7. The number of furan rings is 1. The molecule has 0 aliphatic heterocycles. The van der Waals surface area contributed by atoms with Crippen LogP contribution in [0.5, 0.6) is 5.75 Å². The van der Waals surface area contributed by atoms with Gasteiger partial charge in [-0.1, -0.05) is 23.7 Å². The fourth-order valence-corrected chi connectivity index (χ4v) is 4.48. The van der Waals surface area contributed by atoms with Crippen LogP contribution in [0.15, 0.2) is 83.7 Å². The third-order valence-corrected chi connectivity index (χ3v) is 6.51. The van der Waals surface area contributed by atoms with Gasteiger partial charge in [-0.2, -0.15) is 0 Å². The number of nitrogens with two attached hydrogens (primary N) is 1. The smallest absolute Gasteiger partial charge is 0.252 e. The minimum absolute atomic E-state index is 0.173. The van der Waals surface area contributed by atoms with Crippen LogP contribution in [-0.4, -0.2) is 21.8 Å². The van der Waals surface area contributed by atoms with Gasteiger partial charge >= 0.3 is 0 Å². The molecule has 2 heterocycles. The Bertz CT molecular complexity index is 1720. The summed E-state index contributed by atoms with van der Waals surface area (Å²) in [4.78, 5) is 32.7. The maximum absolute atomic E-state index is 13.4. The second kappa shape index (κ2) is 12.5. The summed E-state index contributed by atoms with van der Waals surface area (Å²) in [7, 11) is 0. The average Bonchev–Trinajstić information content (AvgIpc) is 3.42. The number of hydrogen-bond acceptors (Lipinski definition) is 7. The van der Waals surface area contributed by atoms with E-state index in [9.17, 15) is 14.0 Å². The van der Waals surface area contributed by atoms with Crippen LogP contribution in [0.1, 0.15) is 34.5 Å². The summed E-state index contributed by atoms with van der Waals surface area (Å²) in [6, 6.07) is 18.2. The van der Waals surface area contributed by atoms with Crippen LogP contribution in [0.2, 0.25) is 5.02 Å². The molecule has 0 spiro atoms. The molecule has 11 heteroatoms. The van der Waals surface area contributed by atoms with Gasteiger partial charge in [0.25, 0.3) is 5.91 Å². The first-order valence-electron chi connectivity index (χ1n) is 12.7. The lowest BCUT2D eigenvalue weighted by molar-refractivity contribution is -0.116. The fourth-order valence-electron chi connectivity index (χ4n) is 4.24. The Hall–Kier alpha value is -4.96. The highest BCUT2D eigenvalue weighted by molar-refractivity contribution is 6.32. The topological polar surface area (TPSA) is 132 Å². The van der Waals surface area contributed by atoms with Crippen molar-refractivity contribution in [2.45, 2.75) is 25.9 Å². The quantitative estimate of drug-likeness (QED) is 0.166. The molecule has 41 heavy (non-hydrogen) atoms. The number of primary amides is 1. The average molecular weight is 574 g/mol. The number of aryl methyl sites for hydroxylation is 1. The van der Waals surface area contributed by atoms with Crippen molar-refractivity contribution >= 4 is 51.5 Å².